The minimum absolute atomic E-state index is 0.193. The second-order valence-corrected chi connectivity index (χ2v) is 3.17. The zero-order chi connectivity index (χ0) is 9.84. The number of hydrogen-bond donors (Lipinski definition) is 0. The van der Waals surface area contributed by atoms with Crippen molar-refractivity contribution in [2.75, 3.05) is 0 Å². The molecule has 0 unspecified atom stereocenters. The number of nitrogens with zero attached hydrogens (tertiary/aromatic N) is 2. The summed E-state index contributed by atoms with van der Waals surface area (Å²) >= 11 is 3.13. The lowest BCUT2D eigenvalue weighted by atomic mass is 10.4. The molecule has 0 spiro atoms. The van der Waals surface area contributed by atoms with E-state index < -0.39 is 5.97 Å². The average molecular weight is 243 g/mol. The van der Waals surface area contributed by atoms with Gasteiger partial charge in [-0.2, -0.15) is 0 Å². The van der Waals surface area contributed by atoms with Crippen LogP contribution in [0.3, 0.4) is 0 Å². The van der Waals surface area contributed by atoms with Crippen LogP contribution in [0.5, 0.6) is 0 Å². The van der Waals surface area contributed by atoms with Crippen LogP contribution in [0.1, 0.15) is 17.4 Å². The highest BCUT2D eigenvalue weighted by Gasteiger charge is 2.12. The van der Waals surface area contributed by atoms with Crippen molar-refractivity contribution in [3.8, 4) is 0 Å². The minimum Gasteiger partial charge on any atom is -0.427 e. The van der Waals surface area contributed by atoms with Gasteiger partial charge in [-0.15, -0.1) is 0 Å². The Morgan fingerprint density at radius 2 is 2.38 bits per heavy atom. The average Bonchev–Trinajstić information content (AvgIpc) is 2.03. The Morgan fingerprint density at radius 1 is 1.69 bits per heavy atom. The van der Waals surface area contributed by atoms with Gasteiger partial charge in [0.2, 0.25) is 0 Å². The summed E-state index contributed by atoms with van der Waals surface area (Å²) in [6, 6.07) is 0. The predicted octanol–water partition coefficient (Wildman–Crippen LogP) is 1.93. The van der Waals surface area contributed by atoms with Crippen LogP contribution in [0.2, 0.25) is 0 Å². The van der Waals surface area contributed by atoms with Gasteiger partial charge in [0.15, 0.2) is 5.69 Å². The van der Waals surface area contributed by atoms with E-state index in [1.165, 1.54) is 12.5 Å². The number of rotatable bonds is 2. The Kier molecular flexibility index (Phi) is 3.13. The zero-order valence-electron chi connectivity index (χ0n) is 6.95. The predicted molar refractivity (Wildman–Crippen MR) is 50.0 cm³/mol. The Hall–Kier alpha value is -1.23. The van der Waals surface area contributed by atoms with Gasteiger partial charge in [0.25, 0.3) is 0 Å². The van der Waals surface area contributed by atoms with Gasteiger partial charge in [-0.05, 0) is 22.9 Å². The van der Waals surface area contributed by atoms with E-state index in [2.05, 4.69) is 32.5 Å². The van der Waals surface area contributed by atoms with E-state index in [9.17, 15) is 4.79 Å². The fourth-order valence-corrected chi connectivity index (χ4v) is 1.05. The van der Waals surface area contributed by atoms with Gasteiger partial charge in [0.05, 0.1) is 10.2 Å². The molecule has 1 heterocycles. The molecule has 0 aliphatic rings. The van der Waals surface area contributed by atoms with Crippen LogP contribution in [0.15, 0.2) is 29.3 Å². The minimum atomic E-state index is -0.540. The normalized spacial score (nSPS) is 9.38. The van der Waals surface area contributed by atoms with Gasteiger partial charge in [-0.3, -0.25) is 0 Å². The van der Waals surface area contributed by atoms with Crippen LogP contribution in [-0.4, -0.2) is 15.9 Å². The number of hydrogen-bond acceptors (Lipinski definition) is 4. The standard InChI is InChI=1S/C8H7BrN2O2/c1-5(2)13-8(12)7-6(9)3-10-4-11-7/h3-4H,1H2,2H3. The highest BCUT2D eigenvalue weighted by atomic mass is 79.9. The third-order valence-corrected chi connectivity index (χ3v) is 1.71. The van der Waals surface area contributed by atoms with Crippen molar-refractivity contribution in [3.05, 3.63) is 35.0 Å². The molecular formula is C8H7BrN2O2. The van der Waals surface area contributed by atoms with Crippen molar-refractivity contribution in [1.82, 2.24) is 9.97 Å². The molecule has 1 rings (SSSR count). The maximum absolute atomic E-state index is 11.3. The summed E-state index contributed by atoms with van der Waals surface area (Å²) in [7, 11) is 0. The lowest BCUT2D eigenvalue weighted by Gasteiger charge is -2.02. The topological polar surface area (TPSA) is 52.1 Å². The molecule has 1 aromatic heterocycles. The number of halogens is 1. The van der Waals surface area contributed by atoms with E-state index in [1.54, 1.807) is 6.92 Å². The Labute approximate surface area is 83.8 Å². The summed E-state index contributed by atoms with van der Waals surface area (Å²) in [5, 5.41) is 0. The fourth-order valence-electron chi connectivity index (χ4n) is 0.669. The molecule has 0 fully saturated rings. The second kappa shape index (κ2) is 4.13. The van der Waals surface area contributed by atoms with Crippen molar-refractivity contribution < 1.29 is 9.53 Å². The molecule has 0 atom stereocenters. The number of aromatic nitrogens is 2. The fraction of sp³-hybridized carbons (Fsp3) is 0.125. The highest BCUT2D eigenvalue weighted by molar-refractivity contribution is 9.10. The molecule has 0 radical (unpaired) electrons. The SMILES string of the molecule is C=C(C)OC(=O)c1ncncc1Br. The molecule has 0 aliphatic heterocycles. The highest BCUT2D eigenvalue weighted by Crippen LogP contribution is 2.13. The lowest BCUT2D eigenvalue weighted by molar-refractivity contribution is 0.0620. The summed E-state index contributed by atoms with van der Waals surface area (Å²) in [6.45, 7) is 5.04. The van der Waals surface area contributed by atoms with Crippen molar-refractivity contribution in [2.24, 2.45) is 0 Å². The molecular weight excluding hydrogens is 236 g/mol. The molecule has 5 heteroatoms. The first-order valence-electron chi connectivity index (χ1n) is 3.44. The zero-order valence-corrected chi connectivity index (χ0v) is 8.54. The van der Waals surface area contributed by atoms with Gasteiger partial charge in [-0.1, -0.05) is 6.58 Å². The van der Waals surface area contributed by atoms with Crippen LogP contribution in [-0.2, 0) is 4.74 Å². The Morgan fingerprint density at radius 3 is 2.92 bits per heavy atom. The molecule has 0 saturated heterocycles. The number of carbonyl (C=O) groups excluding carboxylic acids is 1. The summed E-state index contributed by atoms with van der Waals surface area (Å²) in [5.41, 5.74) is 0.193. The van der Waals surface area contributed by atoms with E-state index >= 15 is 0 Å². The maximum Gasteiger partial charge on any atom is 0.363 e. The first-order chi connectivity index (χ1) is 6.11. The number of esters is 1. The smallest absolute Gasteiger partial charge is 0.363 e. The molecule has 4 nitrogen and oxygen atoms in total. The lowest BCUT2D eigenvalue weighted by Crippen LogP contribution is -2.06. The Balaban J connectivity index is 2.89. The van der Waals surface area contributed by atoms with Crippen LogP contribution in [0.25, 0.3) is 0 Å². The number of ether oxygens (including phenoxy) is 1. The second-order valence-electron chi connectivity index (χ2n) is 2.31. The van der Waals surface area contributed by atoms with E-state index in [0.29, 0.717) is 10.2 Å². The van der Waals surface area contributed by atoms with Gasteiger partial charge in [0, 0.05) is 6.20 Å². The van der Waals surface area contributed by atoms with Gasteiger partial charge < -0.3 is 4.74 Å². The summed E-state index contributed by atoms with van der Waals surface area (Å²) in [6.07, 6.45) is 2.75. The first-order valence-corrected chi connectivity index (χ1v) is 4.23. The third kappa shape index (κ3) is 2.62. The van der Waals surface area contributed by atoms with Crippen molar-refractivity contribution in [3.63, 3.8) is 0 Å². The maximum atomic E-state index is 11.3. The first kappa shape index (κ1) is 9.85. The summed E-state index contributed by atoms with van der Waals surface area (Å²) in [5.74, 6) is -0.211. The van der Waals surface area contributed by atoms with Gasteiger partial charge in [-0.25, -0.2) is 14.8 Å². The van der Waals surface area contributed by atoms with Crippen LogP contribution in [0, 0.1) is 0 Å². The van der Waals surface area contributed by atoms with Crippen molar-refractivity contribution >= 4 is 21.9 Å². The quantitative estimate of drug-likeness (QED) is 0.588. The molecule has 0 aromatic carbocycles. The molecule has 0 N–H and O–H groups in total. The van der Waals surface area contributed by atoms with Crippen LogP contribution in [0.4, 0.5) is 0 Å². The van der Waals surface area contributed by atoms with E-state index in [-0.39, 0.29) is 5.69 Å². The van der Waals surface area contributed by atoms with Crippen LogP contribution < -0.4 is 0 Å². The van der Waals surface area contributed by atoms with Gasteiger partial charge >= 0.3 is 5.97 Å². The molecule has 0 saturated carbocycles. The summed E-state index contributed by atoms with van der Waals surface area (Å²) < 4.78 is 5.26. The van der Waals surface area contributed by atoms with E-state index in [4.69, 9.17) is 4.74 Å². The van der Waals surface area contributed by atoms with Crippen LogP contribution >= 0.6 is 15.9 Å². The van der Waals surface area contributed by atoms with Crippen molar-refractivity contribution in [1.29, 1.82) is 0 Å². The molecule has 0 aliphatic carbocycles. The molecule has 0 bridgehead atoms. The molecule has 1 aromatic rings. The molecule has 13 heavy (non-hydrogen) atoms. The Bertz CT molecular complexity index is 352. The number of allylic oxidation sites excluding steroid dienone is 1. The van der Waals surface area contributed by atoms with Gasteiger partial charge in [0.1, 0.15) is 6.33 Å². The van der Waals surface area contributed by atoms with Crippen molar-refractivity contribution in [2.45, 2.75) is 6.92 Å². The van der Waals surface area contributed by atoms with E-state index in [1.807, 2.05) is 0 Å². The number of carbonyl (C=O) groups is 1. The monoisotopic (exact) mass is 242 g/mol. The van der Waals surface area contributed by atoms with E-state index in [0.717, 1.165) is 0 Å². The summed E-state index contributed by atoms with van der Waals surface area (Å²) in [4.78, 5) is 18.7. The molecule has 68 valence electrons. The third-order valence-electron chi connectivity index (χ3n) is 1.13. The largest absolute Gasteiger partial charge is 0.427 e. The molecule has 0 amide bonds.